The molecule has 2 heterocycles. The van der Waals surface area contributed by atoms with Gasteiger partial charge in [-0.3, -0.25) is 9.88 Å². The number of pyridine rings is 1. The Labute approximate surface area is 125 Å². The van der Waals surface area contributed by atoms with Crippen LogP contribution in [-0.2, 0) is 9.47 Å². The summed E-state index contributed by atoms with van der Waals surface area (Å²) in [5.41, 5.74) is 1.33. The molecule has 1 aromatic heterocycles. The van der Waals surface area contributed by atoms with Crippen LogP contribution >= 0.6 is 0 Å². The van der Waals surface area contributed by atoms with Gasteiger partial charge in [0.05, 0.1) is 31.1 Å². The minimum Gasteiger partial charge on any atom is -0.462 e. The first-order valence-electron chi connectivity index (χ1n) is 7.45. The molecule has 6 nitrogen and oxygen atoms in total. The standard InChI is InChI=1S/C15H23N3O3/c1-2-21-15(19)13-10-14(12-16-11-13)17-4-3-5-18-6-8-20-9-7-18/h10-12,17H,2-9H2,1H3. The highest BCUT2D eigenvalue weighted by Gasteiger charge is 2.10. The number of esters is 1. The molecule has 1 aliphatic heterocycles. The van der Waals surface area contributed by atoms with Gasteiger partial charge in [-0.15, -0.1) is 0 Å². The summed E-state index contributed by atoms with van der Waals surface area (Å²) in [6, 6.07) is 1.78. The van der Waals surface area contributed by atoms with Crippen molar-refractivity contribution < 1.29 is 14.3 Å². The minimum atomic E-state index is -0.332. The topological polar surface area (TPSA) is 63.7 Å². The molecule has 0 spiro atoms. The number of rotatable bonds is 7. The summed E-state index contributed by atoms with van der Waals surface area (Å²) in [6.45, 7) is 7.76. The summed E-state index contributed by atoms with van der Waals surface area (Å²) in [4.78, 5) is 18.1. The van der Waals surface area contributed by atoms with Crippen LogP contribution < -0.4 is 5.32 Å². The zero-order valence-electron chi connectivity index (χ0n) is 12.5. The number of nitrogens with one attached hydrogen (secondary N) is 1. The molecule has 0 saturated carbocycles. The van der Waals surface area contributed by atoms with Crippen molar-refractivity contribution in [3.63, 3.8) is 0 Å². The van der Waals surface area contributed by atoms with Crippen molar-refractivity contribution in [3.8, 4) is 0 Å². The molecule has 1 aromatic rings. The highest BCUT2D eigenvalue weighted by molar-refractivity contribution is 5.90. The van der Waals surface area contributed by atoms with Crippen LogP contribution in [0.15, 0.2) is 18.5 Å². The van der Waals surface area contributed by atoms with E-state index in [9.17, 15) is 4.79 Å². The number of morpholine rings is 1. The first-order chi connectivity index (χ1) is 10.3. The molecular formula is C15H23N3O3. The molecule has 21 heavy (non-hydrogen) atoms. The highest BCUT2D eigenvalue weighted by Crippen LogP contribution is 2.09. The largest absolute Gasteiger partial charge is 0.462 e. The predicted octanol–water partition coefficient (Wildman–Crippen LogP) is 1.39. The van der Waals surface area contributed by atoms with Gasteiger partial charge in [-0.1, -0.05) is 0 Å². The quantitative estimate of drug-likeness (QED) is 0.605. The lowest BCUT2D eigenvalue weighted by Gasteiger charge is -2.26. The lowest BCUT2D eigenvalue weighted by atomic mass is 10.2. The third kappa shape index (κ3) is 5.32. The van der Waals surface area contributed by atoms with Gasteiger partial charge >= 0.3 is 5.97 Å². The van der Waals surface area contributed by atoms with E-state index in [4.69, 9.17) is 9.47 Å². The fraction of sp³-hybridized carbons (Fsp3) is 0.600. The number of anilines is 1. The second-order valence-corrected chi connectivity index (χ2v) is 4.92. The highest BCUT2D eigenvalue weighted by atomic mass is 16.5. The van der Waals surface area contributed by atoms with Gasteiger partial charge in [-0.05, 0) is 26.0 Å². The number of aromatic nitrogens is 1. The maximum atomic E-state index is 11.6. The van der Waals surface area contributed by atoms with E-state index in [2.05, 4.69) is 15.2 Å². The van der Waals surface area contributed by atoms with Gasteiger partial charge in [0.25, 0.3) is 0 Å². The van der Waals surface area contributed by atoms with Crippen LogP contribution in [0.4, 0.5) is 5.69 Å². The van der Waals surface area contributed by atoms with E-state index in [1.807, 2.05) is 0 Å². The molecule has 0 radical (unpaired) electrons. The first kappa shape index (κ1) is 15.7. The zero-order valence-corrected chi connectivity index (χ0v) is 12.5. The van der Waals surface area contributed by atoms with E-state index in [-0.39, 0.29) is 5.97 Å². The molecule has 1 fully saturated rings. The van der Waals surface area contributed by atoms with E-state index in [1.54, 1.807) is 19.2 Å². The maximum Gasteiger partial charge on any atom is 0.339 e. The molecule has 6 heteroatoms. The van der Waals surface area contributed by atoms with Crippen molar-refractivity contribution in [1.29, 1.82) is 0 Å². The van der Waals surface area contributed by atoms with Crippen LogP contribution in [0.1, 0.15) is 23.7 Å². The molecule has 116 valence electrons. The van der Waals surface area contributed by atoms with Crippen molar-refractivity contribution in [2.24, 2.45) is 0 Å². The number of carbonyl (C=O) groups excluding carboxylic acids is 1. The molecule has 1 aliphatic rings. The molecule has 2 rings (SSSR count). The van der Waals surface area contributed by atoms with Gasteiger partial charge < -0.3 is 14.8 Å². The SMILES string of the molecule is CCOC(=O)c1cncc(NCCCN2CCOCC2)c1. The van der Waals surface area contributed by atoms with Crippen LogP contribution in [0.2, 0.25) is 0 Å². The summed E-state index contributed by atoms with van der Waals surface area (Å²) in [5, 5.41) is 3.29. The van der Waals surface area contributed by atoms with E-state index < -0.39 is 0 Å². The Hall–Kier alpha value is -1.66. The van der Waals surface area contributed by atoms with Crippen molar-refractivity contribution in [2.75, 3.05) is 51.3 Å². The average molecular weight is 293 g/mol. The number of nitrogens with zero attached hydrogens (tertiary/aromatic N) is 2. The predicted molar refractivity (Wildman–Crippen MR) is 80.6 cm³/mol. The van der Waals surface area contributed by atoms with Crippen LogP contribution in [0, 0.1) is 0 Å². The third-order valence-corrected chi connectivity index (χ3v) is 3.33. The average Bonchev–Trinajstić information content (AvgIpc) is 2.53. The van der Waals surface area contributed by atoms with E-state index in [0.29, 0.717) is 12.2 Å². The van der Waals surface area contributed by atoms with E-state index in [1.165, 1.54) is 6.20 Å². The molecule has 1 N–H and O–H groups in total. The summed E-state index contributed by atoms with van der Waals surface area (Å²) in [5.74, 6) is -0.332. The Morgan fingerprint density at radius 3 is 3.00 bits per heavy atom. The fourth-order valence-corrected chi connectivity index (χ4v) is 2.22. The van der Waals surface area contributed by atoms with Gasteiger partial charge in [-0.25, -0.2) is 4.79 Å². The summed E-state index contributed by atoms with van der Waals surface area (Å²) in [6.07, 6.45) is 4.29. The van der Waals surface area contributed by atoms with Gasteiger partial charge in [0.2, 0.25) is 0 Å². The monoisotopic (exact) mass is 293 g/mol. The van der Waals surface area contributed by atoms with E-state index >= 15 is 0 Å². The number of hydrogen-bond donors (Lipinski definition) is 1. The number of carbonyl (C=O) groups is 1. The van der Waals surface area contributed by atoms with Crippen LogP contribution in [0.3, 0.4) is 0 Å². The first-order valence-corrected chi connectivity index (χ1v) is 7.45. The smallest absolute Gasteiger partial charge is 0.339 e. The minimum absolute atomic E-state index is 0.332. The molecule has 0 bridgehead atoms. The normalized spacial score (nSPS) is 15.7. The lowest BCUT2D eigenvalue weighted by molar-refractivity contribution is 0.0378. The Bertz CT molecular complexity index is 448. The van der Waals surface area contributed by atoms with E-state index in [0.717, 1.165) is 51.5 Å². The van der Waals surface area contributed by atoms with Crippen LogP contribution in [-0.4, -0.2) is 61.9 Å². The maximum absolute atomic E-state index is 11.6. The Balaban J connectivity index is 1.72. The molecule has 0 atom stereocenters. The van der Waals surface area contributed by atoms with Gasteiger partial charge in [0.15, 0.2) is 0 Å². The summed E-state index contributed by atoms with van der Waals surface area (Å²) in [7, 11) is 0. The summed E-state index contributed by atoms with van der Waals surface area (Å²) >= 11 is 0. The van der Waals surface area contributed by atoms with Crippen molar-refractivity contribution in [2.45, 2.75) is 13.3 Å². The number of hydrogen-bond acceptors (Lipinski definition) is 6. The fourth-order valence-electron chi connectivity index (χ4n) is 2.22. The molecule has 0 amide bonds. The Kier molecular flexibility index (Phi) is 6.43. The number of ether oxygens (including phenoxy) is 2. The van der Waals surface area contributed by atoms with Crippen molar-refractivity contribution in [1.82, 2.24) is 9.88 Å². The Morgan fingerprint density at radius 2 is 2.24 bits per heavy atom. The second kappa shape index (κ2) is 8.59. The molecule has 0 unspecified atom stereocenters. The molecule has 0 aromatic carbocycles. The second-order valence-electron chi connectivity index (χ2n) is 4.92. The van der Waals surface area contributed by atoms with Gasteiger partial charge in [0, 0.05) is 32.0 Å². The molecular weight excluding hydrogens is 270 g/mol. The van der Waals surface area contributed by atoms with Gasteiger partial charge in [-0.2, -0.15) is 0 Å². The van der Waals surface area contributed by atoms with Crippen LogP contribution in [0.25, 0.3) is 0 Å². The molecule has 0 aliphatic carbocycles. The zero-order chi connectivity index (χ0) is 14.9. The molecule has 1 saturated heterocycles. The van der Waals surface area contributed by atoms with Gasteiger partial charge in [0.1, 0.15) is 0 Å². The lowest BCUT2D eigenvalue weighted by Crippen LogP contribution is -2.37. The van der Waals surface area contributed by atoms with Crippen LogP contribution in [0.5, 0.6) is 0 Å². The van der Waals surface area contributed by atoms with Crippen molar-refractivity contribution >= 4 is 11.7 Å². The van der Waals surface area contributed by atoms with Crippen molar-refractivity contribution in [3.05, 3.63) is 24.0 Å². The Morgan fingerprint density at radius 1 is 1.43 bits per heavy atom. The summed E-state index contributed by atoms with van der Waals surface area (Å²) < 4.78 is 10.3. The third-order valence-electron chi connectivity index (χ3n) is 3.33.